The number of aromatic hydroxyl groups is 1. The molecular weight excluding hydrogens is 702 g/mol. The van der Waals surface area contributed by atoms with Crippen molar-refractivity contribution >= 4 is 63.9 Å². The smallest absolute Gasteiger partial charge is 0.258 e. The molecule has 1 N–H and O–H groups in total. The molecule has 6 atom stereocenters. The highest BCUT2D eigenvalue weighted by molar-refractivity contribution is 7.09. The first-order chi connectivity index (χ1) is 24.0. The van der Waals surface area contributed by atoms with Gasteiger partial charge in [0.1, 0.15) is 23.9 Å². The fourth-order valence-electron chi connectivity index (χ4n) is 8.12. The fraction of sp³-hybridized carbons (Fsp3) is 0.263. The zero-order valence-corrected chi connectivity index (χ0v) is 28.6. The van der Waals surface area contributed by atoms with E-state index in [-0.39, 0.29) is 54.8 Å². The van der Waals surface area contributed by atoms with Crippen LogP contribution in [0.1, 0.15) is 34.8 Å². The highest BCUT2D eigenvalue weighted by Crippen LogP contribution is 2.66. The van der Waals surface area contributed by atoms with E-state index in [1.54, 1.807) is 12.1 Å². The molecule has 3 aromatic carbocycles. The first-order valence-corrected chi connectivity index (χ1v) is 17.8. The molecule has 2 aliphatic carbocycles. The molecule has 4 aliphatic rings. The predicted molar refractivity (Wildman–Crippen MR) is 185 cm³/mol. The van der Waals surface area contributed by atoms with Crippen LogP contribution in [0.5, 0.6) is 11.5 Å². The maximum Gasteiger partial charge on any atom is 0.258 e. The van der Waals surface area contributed by atoms with Crippen molar-refractivity contribution in [1.82, 2.24) is 4.90 Å². The normalized spacial score (nSPS) is 28.7. The summed E-state index contributed by atoms with van der Waals surface area (Å²) in [6, 6.07) is 22.6. The van der Waals surface area contributed by atoms with Crippen molar-refractivity contribution in [3.05, 3.63) is 124 Å². The van der Waals surface area contributed by atoms with Crippen LogP contribution in [0.15, 0.2) is 102 Å². The van der Waals surface area contributed by atoms with Crippen LogP contribution in [0.2, 0.25) is 0 Å². The van der Waals surface area contributed by atoms with Crippen molar-refractivity contribution in [3.8, 4) is 11.5 Å². The van der Waals surface area contributed by atoms with Crippen LogP contribution < -0.4 is 9.64 Å². The summed E-state index contributed by atoms with van der Waals surface area (Å²) in [4.78, 5) is 55.6. The number of fused-ring (bicyclic) bond motifs is 4. The highest BCUT2D eigenvalue weighted by Gasteiger charge is 2.76. The number of carbonyl (C=O) groups is 4. The van der Waals surface area contributed by atoms with E-state index in [1.807, 2.05) is 53.9 Å². The number of anilines is 1. The number of benzene rings is 3. The first-order valence-electron chi connectivity index (χ1n) is 16.1. The molecule has 0 spiro atoms. The minimum absolute atomic E-state index is 0.0764. The van der Waals surface area contributed by atoms with Gasteiger partial charge in [-0.15, -0.1) is 34.5 Å². The van der Waals surface area contributed by atoms with Crippen LogP contribution in [0.25, 0.3) is 0 Å². The molecule has 0 unspecified atom stereocenters. The predicted octanol–water partition coefficient (Wildman–Crippen LogP) is 6.94. The van der Waals surface area contributed by atoms with Crippen LogP contribution in [0.4, 0.5) is 10.1 Å². The summed E-state index contributed by atoms with van der Waals surface area (Å²) in [6.07, 6.45) is 1.80. The monoisotopic (exact) mass is 730 g/mol. The Hall–Kier alpha value is -4.51. The number of imide groups is 2. The fourth-order valence-corrected chi connectivity index (χ4v) is 9.74. The quantitative estimate of drug-likeness (QED) is 0.126. The number of nitrogens with zero attached hydrogens (tertiary/aromatic N) is 2. The summed E-state index contributed by atoms with van der Waals surface area (Å²) in [7, 11) is 0. The number of carbonyl (C=O) groups excluding carboxylic acids is 4. The van der Waals surface area contributed by atoms with Gasteiger partial charge in [0.15, 0.2) is 9.75 Å². The van der Waals surface area contributed by atoms with Crippen molar-refractivity contribution in [3.63, 3.8) is 0 Å². The second-order valence-corrected chi connectivity index (χ2v) is 15.4. The summed E-state index contributed by atoms with van der Waals surface area (Å²) in [6.45, 7) is 0.363. The molecular formula is C38H29Cl2FN2O6S. The van der Waals surface area contributed by atoms with Crippen molar-refractivity contribution in [1.29, 1.82) is 0 Å². The number of alkyl halides is 2. The lowest BCUT2D eigenvalue weighted by atomic mass is 9.56. The maximum absolute atomic E-state index is 14.6. The molecule has 254 valence electrons. The van der Waals surface area contributed by atoms with Gasteiger partial charge in [0, 0.05) is 22.4 Å². The zero-order chi connectivity index (χ0) is 34.9. The Kier molecular flexibility index (Phi) is 7.89. The van der Waals surface area contributed by atoms with E-state index >= 15 is 0 Å². The minimum atomic E-state index is -2.17. The van der Waals surface area contributed by atoms with Crippen LogP contribution in [-0.4, -0.2) is 43.4 Å². The number of rotatable bonds is 7. The van der Waals surface area contributed by atoms with Crippen LogP contribution in [0.3, 0.4) is 0 Å². The molecule has 8 nitrogen and oxygen atoms in total. The van der Waals surface area contributed by atoms with Gasteiger partial charge in [-0.2, -0.15) is 0 Å². The summed E-state index contributed by atoms with van der Waals surface area (Å²) in [5.74, 6) is -6.32. The SMILES string of the molecule is O=C1[C@H]2[C@H](CC=C3[C@H]2C[C@@]2(Cl)C(=O)N(c4ccc(F)cc4)C(=O)[C@@]2(Cl)[C@H]3c2ccc(OCc3ccccc3)cc2O)C(=O)N1Cc1cccs1. The Morgan fingerprint density at radius 3 is 2.36 bits per heavy atom. The van der Waals surface area contributed by atoms with Gasteiger partial charge in [0.05, 0.1) is 24.1 Å². The van der Waals surface area contributed by atoms with Crippen LogP contribution >= 0.6 is 34.5 Å². The highest BCUT2D eigenvalue weighted by atomic mass is 35.5. The van der Waals surface area contributed by atoms with E-state index in [9.17, 15) is 28.7 Å². The van der Waals surface area contributed by atoms with Gasteiger partial charge in [-0.3, -0.25) is 24.1 Å². The lowest BCUT2D eigenvalue weighted by Gasteiger charge is -2.50. The van der Waals surface area contributed by atoms with Crippen molar-refractivity contribution < 1.29 is 33.4 Å². The van der Waals surface area contributed by atoms with E-state index in [1.165, 1.54) is 34.4 Å². The molecule has 2 saturated heterocycles. The Morgan fingerprint density at radius 2 is 1.66 bits per heavy atom. The number of phenols is 1. The van der Waals surface area contributed by atoms with E-state index in [0.717, 1.165) is 27.5 Å². The number of phenolic OH excluding ortho intramolecular Hbond substituents is 1. The average Bonchev–Trinajstić information content (AvgIpc) is 3.76. The molecule has 4 aromatic rings. The van der Waals surface area contributed by atoms with Gasteiger partial charge in [0.25, 0.3) is 11.8 Å². The molecule has 0 radical (unpaired) electrons. The number of likely N-dealkylation sites (tertiary alicyclic amines) is 1. The largest absolute Gasteiger partial charge is 0.508 e. The number of hydrogen-bond donors (Lipinski definition) is 1. The van der Waals surface area contributed by atoms with Crippen molar-refractivity contribution in [2.45, 2.75) is 41.7 Å². The molecule has 3 fully saturated rings. The number of hydrogen-bond acceptors (Lipinski definition) is 7. The minimum Gasteiger partial charge on any atom is -0.508 e. The topological polar surface area (TPSA) is 104 Å². The summed E-state index contributed by atoms with van der Waals surface area (Å²) in [5.41, 5.74) is 1.75. The summed E-state index contributed by atoms with van der Waals surface area (Å²) in [5, 5.41) is 13.5. The van der Waals surface area contributed by atoms with E-state index in [4.69, 9.17) is 27.9 Å². The Bertz CT molecular complexity index is 2080. The summed E-state index contributed by atoms with van der Waals surface area (Å²) >= 11 is 16.3. The summed E-state index contributed by atoms with van der Waals surface area (Å²) < 4.78 is 19.9. The number of halogens is 3. The Morgan fingerprint density at radius 1 is 0.900 bits per heavy atom. The average molecular weight is 732 g/mol. The molecule has 1 aromatic heterocycles. The Balaban J connectivity index is 1.23. The molecule has 50 heavy (non-hydrogen) atoms. The molecule has 1 saturated carbocycles. The van der Waals surface area contributed by atoms with Gasteiger partial charge in [-0.1, -0.05) is 54.1 Å². The Labute approximate surface area is 300 Å². The van der Waals surface area contributed by atoms with Crippen LogP contribution in [0, 0.1) is 23.6 Å². The molecule has 8 rings (SSSR count). The third kappa shape index (κ3) is 4.83. The van der Waals surface area contributed by atoms with Gasteiger partial charge in [-0.25, -0.2) is 9.29 Å². The van der Waals surface area contributed by atoms with Gasteiger partial charge < -0.3 is 9.84 Å². The standard InChI is InChI=1S/C38H29Cl2FN2O6S/c39-37-18-29-26(14-15-28-31(29)34(46)42(33(28)45)19-25-7-4-16-50-25)32(27-13-12-24(17-30(27)44)49-20-21-5-2-1-3-6-21)38(37,40)36(48)43(35(37)47)23-10-8-22(41)9-11-23/h1-14,16-17,28-29,31-32,44H,15,18-20H2/t28-,29+,31-,32+,37+,38-/m0/s1. The molecule has 2 aliphatic heterocycles. The van der Waals surface area contributed by atoms with E-state index in [0.29, 0.717) is 11.3 Å². The number of amides is 4. The van der Waals surface area contributed by atoms with Crippen molar-refractivity contribution in [2.24, 2.45) is 17.8 Å². The van der Waals surface area contributed by atoms with E-state index in [2.05, 4.69) is 0 Å². The second-order valence-electron chi connectivity index (χ2n) is 13.1. The molecule has 3 heterocycles. The first kappa shape index (κ1) is 32.7. The third-order valence-corrected chi connectivity index (χ3v) is 12.7. The van der Waals surface area contributed by atoms with E-state index < -0.39 is 51.1 Å². The number of ether oxygens (including phenoxy) is 1. The van der Waals surface area contributed by atoms with Gasteiger partial charge in [-0.05, 0) is 66.1 Å². The van der Waals surface area contributed by atoms with Gasteiger partial charge in [0.2, 0.25) is 11.8 Å². The zero-order valence-electron chi connectivity index (χ0n) is 26.3. The lowest BCUT2D eigenvalue weighted by molar-refractivity contribution is -0.141. The third-order valence-electron chi connectivity index (χ3n) is 10.4. The van der Waals surface area contributed by atoms with Gasteiger partial charge >= 0.3 is 0 Å². The van der Waals surface area contributed by atoms with Crippen molar-refractivity contribution in [2.75, 3.05) is 4.90 Å². The molecule has 4 amide bonds. The maximum atomic E-state index is 14.6. The number of allylic oxidation sites excluding steroid dienone is 2. The van der Waals surface area contributed by atoms with Crippen LogP contribution in [-0.2, 0) is 32.3 Å². The second kappa shape index (κ2) is 12.1. The number of thiophene rings is 1. The molecule has 0 bridgehead atoms. The lowest BCUT2D eigenvalue weighted by Crippen LogP contribution is -2.60. The molecule has 12 heteroatoms.